The van der Waals surface area contributed by atoms with Gasteiger partial charge in [-0.3, -0.25) is 0 Å². The molecule has 0 saturated heterocycles. The van der Waals surface area contributed by atoms with Crippen LogP contribution in [0.3, 0.4) is 0 Å². The van der Waals surface area contributed by atoms with E-state index in [4.69, 9.17) is 0 Å². The van der Waals surface area contributed by atoms with Gasteiger partial charge in [0.15, 0.2) is 0 Å². The zero-order valence-electron chi connectivity index (χ0n) is 13.6. The van der Waals surface area contributed by atoms with Crippen molar-refractivity contribution in [3.63, 3.8) is 0 Å². The lowest BCUT2D eigenvalue weighted by atomic mass is 10.0. The third-order valence-electron chi connectivity index (χ3n) is 4.04. The van der Waals surface area contributed by atoms with Crippen LogP contribution in [0.2, 0.25) is 0 Å². The van der Waals surface area contributed by atoms with Gasteiger partial charge in [0, 0.05) is 18.2 Å². The lowest BCUT2D eigenvalue weighted by Gasteiger charge is -2.27. The Morgan fingerprint density at radius 1 is 1.14 bits per heavy atom. The molecule has 0 heterocycles. The van der Waals surface area contributed by atoms with Crippen LogP contribution in [0, 0.1) is 11.6 Å². The van der Waals surface area contributed by atoms with Crippen LogP contribution in [-0.2, 0) is 0 Å². The van der Waals surface area contributed by atoms with Gasteiger partial charge in [0.25, 0.3) is 0 Å². The van der Waals surface area contributed by atoms with Crippen molar-refractivity contribution in [1.29, 1.82) is 0 Å². The summed E-state index contributed by atoms with van der Waals surface area (Å²) in [5.74, 6) is -1.02. The first kappa shape index (κ1) is 18.1. The lowest BCUT2D eigenvalue weighted by Crippen LogP contribution is -2.32. The number of hydrogen-bond acceptors (Lipinski definition) is 2. The van der Waals surface area contributed by atoms with Crippen LogP contribution >= 0.6 is 0 Å². The minimum Gasteiger partial charge on any atom is -0.310 e. The Labute approximate surface area is 127 Å². The van der Waals surface area contributed by atoms with E-state index in [2.05, 4.69) is 38.0 Å². The van der Waals surface area contributed by atoms with Gasteiger partial charge in [-0.15, -0.1) is 0 Å². The number of nitrogens with one attached hydrogen (secondary N) is 1. The molecule has 21 heavy (non-hydrogen) atoms. The minimum atomic E-state index is -0.511. The van der Waals surface area contributed by atoms with E-state index < -0.39 is 11.6 Å². The zero-order chi connectivity index (χ0) is 15.8. The van der Waals surface area contributed by atoms with Gasteiger partial charge >= 0.3 is 0 Å². The average Bonchev–Trinajstić information content (AvgIpc) is 2.45. The van der Waals surface area contributed by atoms with Crippen molar-refractivity contribution < 1.29 is 8.78 Å². The molecule has 4 heteroatoms. The molecule has 0 aliphatic rings. The van der Waals surface area contributed by atoms with Crippen molar-refractivity contribution in [2.75, 3.05) is 20.1 Å². The van der Waals surface area contributed by atoms with Gasteiger partial charge in [-0.1, -0.05) is 13.8 Å². The Bertz CT molecular complexity index is 403. The average molecular weight is 298 g/mol. The molecular formula is C17H28F2N2. The van der Waals surface area contributed by atoms with Gasteiger partial charge in [0.1, 0.15) is 11.6 Å². The van der Waals surface area contributed by atoms with E-state index in [0.717, 1.165) is 38.4 Å². The molecule has 1 rings (SSSR count). The van der Waals surface area contributed by atoms with Crippen LogP contribution in [0.1, 0.15) is 51.6 Å². The Hall–Kier alpha value is -1.00. The van der Waals surface area contributed by atoms with Gasteiger partial charge in [0.2, 0.25) is 0 Å². The second-order valence-electron chi connectivity index (χ2n) is 5.74. The molecular weight excluding hydrogens is 270 g/mol. The Morgan fingerprint density at radius 2 is 1.76 bits per heavy atom. The summed E-state index contributed by atoms with van der Waals surface area (Å²) in [4.78, 5) is 2.29. The lowest BCUT2D eigenvalue weighted by molar-refractivity contribution is 0.237. The molecule has 0 fully saturated rings. The summed E-state index contributed by atoms with van der Waals surface area (Å²) in [5.41, 5.74) is 0.693. The molecule has 2 atom stereocenters. The van der Waals surface area contributed by atoms with E-state index in [1.165, 1.54) is 12.1 Å². The quantitative estimate of drug-likeness (QED) is 0.737. The van der Waals surface area contributed by atoms with E-state index in [1.807, 2.05) is 0 Å². The monoisotopic (exact) mass is 298 g/mol. The number of nitrogens with zero attached hydrogens (tertiary/aromatic N) is 1. The predicted molar refractivity (Wildman–Crippen MR) is 84.4 cm³/mol. The molecule has 0 radical (unpaired) electrons. The summed E-state index contributed by atoms with van der Waals surface area (Å²) in [6, 6.07) is 4.29. The molecule has 0 spiro atoms. The van der Waals surface area contributed by atoms with Gasteiger partial charge < -0.3 is 10.2 Å². The first-order valence-electron chi connectivity index (χ1n) is 7.87. The van der Waals surface area contributed by atoms with Gasteiger partial charge in [-0.25, -0.2) is 8.78 Å². The number of hydrogen-bond donors (Lipinski definition) is 1. The second kappa shape index (κ2) is 9.11. The molecule has 1 N–H and O–H groups in total. The summed E-state index contributed by atoms with van der Waals surface area (Å²) in [6.45, 7) is 8.18. The highest BCUT2D eigenvalue weighted by Gasteiger charge is 2.15. The predicted octanol–water partition coefficient (Wildman–Crippen LogP) is 4.13. The smallest absolute Gasteiger partial charge is 0.126 e. The van der Waals surface area contributed by atoms with E-state index in [0.29, 0.717) is 11.6 Å². The molecule has 0 aliphatic carbocycles. The molecule has 0 amide bonds. The Balaban J connectivity index is 2.75. The minimum absolute atomic E-state index is 0.0124. The first-order valence-corrected chi connectivity index (χ1v) is 7.87. The summed E-state index contributed by atoms with van der Waals surface area (Å²) in [5, 5.41) is 3.39. The standard InChI is InChI=1S/C17H28F2N2/c1-5-8-20-17(7-9-21(4)13(3)6-2)14-10-15(18)12-16(19)11-14/h10-13,17,20H,5-9H2,1-4H3. The van der Waals surface area contributed by atoms with Crippen LogP contribution in [0.15, 0.2) is 18.2 Å². The highest BCUT2D eigenvalue weighted by Crippen LogP contribution is 2.20. The van der Waals surface area contributed by atoms with Crippen LogP contribution in [0.5, 0.6) is 0 Å². The van der Waals surface area contributed by atoms with Crippen molar-refractivity contribution in [3.05, 3.63) is 35.4 Å². The van der Waals surface area contributed by atoms with Crippen molar-refractivity contribution in [2.24, 2.45) is 0 Å². The van der Waals surface area contributed by atoms with E-state index in [9.17, 15) is 8.78 Å². The molecule has 0 saturated carbocycles. The molecule has 2 nitrogen and oxygen atoms in total. The van der Waals surface area contributed by atoms with Crippen LogP contribution in [0.25, 0.3) is 0 Å². The molecule has 0 aliphatic heterocycles. The third-order valence-corrected chi connectivity index (χ3v) is 4.04. The van der Waals surface area contributed by atoms with Crippen LogP contribution in [0.4, 0.5) is 8.78 Å². The fraction of sp³-hybridized carbons (Fsp3) is 0.647. The number of benzene rings is 1. The van der Waals surface area contributed by atoms with Crippen LogP contribution < -0.4 is 5.32 Å². The largest absolute Gasteiger partial charge is 0.310 e. The summed E-state index contributed by atoms with van der Waals surface area (Å²) in [7, 11) is 2.09. The van der Waals surface area contributed by atoms with Gasteiger partial charge in [-0.2, -0.15) is 0 Å². The van der Waals surface area contributed by atoms with E-state index in [1.54, 1.807) is 0 Å². The third kappa shape index (κ3) is 6.10. The maximum atomic E-state index is 13.4. The Morgan fingerprint density at radius 3 is 2.29 bits per heavy atom. The van der Waals surface area contributed by atoms with Crippen molar-refractivity contribution in [3.8, 4) is 0 Å². The normalized spacial score (nSPS) is 14.4. The van der Waals surface area contributed by atoms with Crippen molar-refractivity contribution in [1.82, 2.24) is 10.2 Å². The van der Waals surface area contributed by atoms with E-state index >= 15 is 0 Å². The van der Waals surface area contributed by atoms with Crippen LogP contribution in [-0.4, -0.2) is 31.1 Å². The van der Waals surface area contributed by atoms with Gasteiger partial charge in [0.05, 0.1) is 0 Å². The number of halogens is 2. The SMILES string of the molecule is CCCNC(CCN(C)C(C)CC)c1cc(F)cc(F)c1. The molecule has 1 aromatic rings. The van der Waals surface area contributed by atoms with Crippen molar-refractivity contribution >= 4 is 0 Å². The fourth-order valence-electron chi connectivity index (χ4n) is 2.35. The first-order chi connectivity index (χ1) is 9.97. The molecule has 1 aromatic carbocycles. The summed E-state index contributed by atoms with van der Waals surface area (Å²) >= 11 is 0. The number of rotatable bonds is 9. The molecule has 120 valence electrons. The second-order valence-corrected chi connectivity index (χ2v) is 5.74. The fourth-order valence-corrected chi connectivity index (χ4v) is 2.35. The summed E-state index contributed by atoms with van der Waals surface area (Å²) in [6.07, 6.45) is 2.93. The summed E-state index contributed by atoms with van der Waals surface area (Å²) < 4.78 is 26.8. The Kier molecular flexibility index (Phi) is 7.83. The van der Waals surface area contributed by atoms with E-state index in [-0.39, 0.29) is 6.04 Å². The maximum Gasteiger partial charge on any atom is 0.126 e. The highest BCUT2D eigenvalue weighted by molar-refractivity contribution is 5.21. The zero-order valence-corrected chi connectivity index (χ0v) is 13.6. The molecule has 0 bridgehead atoms. The topological polar surface area (TPSA) is 15.3 Å². The van der Waals surface area contributed by atoms with Crippen molar-refractivity contribution in [2.45, 2.75) is 52.1 Å². The maximum absolute atomic E-state index is 13.4. The molecule has 0 aromatic heterocycles. The van der Waals surface area contributed by atoms with Gasteiger partial charge in [-0.05, 0) is 64.0 Å². The molecule has 2 unspecified atom stereocenters. The highest BCUT2D eigenvalue weighted by atomic mass is 19.1.